The van der Waals surface area contributed by atoms with Crippen LogP contribution in [-0.2, 0) is 16.0 Å². The van der Waals surface area contributed by atoms with Gasteiger partial charge in [0.05, 0.1) is 0 Å². The minimum absolute atomic E-state index is 0.0433. The lowest BCUT2D eigenvalue weighted by molar-refractivity contribution is -0.137. The molecule has 2 rings (SSSR count). The maximum atomic E-state index is 11.8. The molecule has 6 heteroatoms. The Bertz CT molecular complexity index is 503. The SMILES string of the molecule is O=C(O)CCCNC(=O)C1Cc2cc(Cl)ccc2O1. The van der Waals surface area contributed by atoms with E-state index in [-0.39, 0.29) is 12.3 Å². The summed E-state index contributed by atoms with van der Waals surface area (Å²) in [5, 5.41) is 11.8. The van der Waals surface area contributed by atoms with Gasteiger partial charge in [-0.25, -0.2) is 0 Å². The quantitative estimate of drug-likeness (QED) is 0.805. The smallest absolute Gasteiger partial charge is 0.303 e. The third-order valence-electron chi connectivity index (χ3n) is 2.86. The number of ether oxygens (including phenoxy) is 1. The summed E-state index contributed by atoms with van der Waals surface area (Å²) < 4.78 is 5.51. The Balaban J connectivity index is 1.82. The number of fused-ring (bicyclic) bond motifs is 1. The van der Waals surface area contributed by atoms with Gasteiger partial charge in [0.25, 0.3) is 5.91 Å². The second-order valence-corrected chi connectivity index (χ2v) is 4.79. The van der Waals surface area contributed by atoms with Crippen molar-refractivity contribution in [3.8, 4) is 5.75 Å². The first-order chi connectivity index (χ1) is 9.06. The van der Waals surface area contributed by atoms with Gasteiger partial charge in [0, 0.05) is 24.4 Å². The molecule has 0 spiro atoms. The van der Waals surface area contributed by atoms with Gasteiger partial charge >= 0.3 is 5.97 Å². The fourth-order valence-electron chi connectivity index (χ4n) is 1.93. The van der Waals surface area contributed by atoms with E-state index in [9.17, 15) is 9.59 Å². The molecule has 0 saturated heterocycles. The van der Waals surface area contributed by atoms with Crippen molar-refractivity contribution in [3.05, 3.63) is 28.8 Å². The summed E-state index contributed by atoms with van der Waals surface area (Å²) in [4.78, 5) is 22.2. The maximum absolute atomic E-state index is 11.8. The number of hydrogen-bond acceptors (Lipinski definition) is 3. The molecule has 1 unspecified atom stereocenters. The molecule has 102 valence electrons. The number of carbonyl (C=O) groups is 2. The number of nitrogens with one attached hydrogen (secondary N) is 1. The number of hydrogen-bond donors (Lipinski definition) is 2. The van der Waals surface area contributed by atoms with Crippen LogP contribution in [0.4, 0.5) is 0 Å². The van der Waals surface area contributed by atoms with Crippen LogP contribution in [-0.4, -0.2) is 29.6 Å². The number of carboxylic acids is 1. The average Bonchev–Trinajstić information content (AvgIpc) is 2.77. The van der Waals surface area contributed by atoms with Crippen LogP contribution in [0.5, 0.6) is 5.75 Å². The lowest BCUT2D eigenvalue weighted by Crippen LogP contribution is -2.38. The Morgan fingerprint density at radius 1 is 1.47 bits per heavy atom. The van der Waals surface area contributed by atoms with Gasteiger partial charge in [0.2, 0.25) is 0 Å². The lowest BCUT2D eigenvalue weighted by atomic mass is 10.1. The van der Waals surface area contributed by atoms with Crippen LogP contribution in [0.25, 0.3) is 0 Å². The van der Waals surface area contributed by atoms with Crippen LogP contribution in [0.3, 0.4) is 0 Å². The molecule has 1 aromatic rings. The van der Waals surface area contributed by atoms with E-state index in [1.165, 1.54) is 0 Å². The van der Waals surface area contributed by atoms with Crippen LogP contribution in [0.15, 0.2) is 18.2 Å². The minimum atomic E-state index is -0.867. The van der Waals surface area contributed by atoms with E-state index < -0.39 is 12.1 Å². The Morgan fingerprint density at radius 3 is 3.00 bits per heavy atom. The molecule has 2 N–H and O–H groups in total. The number of rotatable bonds is 5. The molecule has 0 bridgehead atoms. The number of carbonyl (C=O) groups excluding carboxylic acids is 1. The standard InChI is InChI=1S/C13H14ClNO4/c14-9-3-4-10-8(6-9)7-11(19-10)13(18)15-5-1-2-12(16)17/h3-4,6,11H,1-2,5,7H2,(H,15,18)(H,16,17). The van der Waals surface area contributed by atoms with Gasteiger partial charge in [-0.1, -0.05) is 11.6 Å². The van der Waals surface area contributed by atoms with Crippen LogP contribution >= 0.6 is 11.6 Å². The van der Waals surface area contributed by atoms with Crippen molar-refractivity contribution in [2.75, 3.05) is 6.54 Å². The van der Waals surface area contributed by atoms with Crippen molar-refractivity contribution in [1.29, 1.82) is 0 Å². The van der Waals surface area contributed by atoms with Gasteiger partial charge in [-0.2, -0.15) is 0 Å². The third kappa shape index (κ3) is 3.61. The van der Waals surface area contributed by atoms with Crippen LogP contribution in [0, 0.1) is 0 Å². The summed E-state index contributed by atoms with van der Waals surface area (Å²) in [6, 6.07) is 5.25. The molecule has 1 aromatic carbocycles. The number of carboxylic acid groups (broad SMARTS) is 1. The summed E-state index contributed by atoms with van der Waals surface area (Å²) in [5.74, 6) is -0.416. The average molecular weight is 284 g/mol. The van der Waals surface area contributed by atoms with Gasteiger partial charge in [0.15, 0.2) is 6.10 Å². The summed E-state index contributed by atoms with van der Waals surface area (Å²) in [6.07, 6.45) is 0.382. The molecule has 1 aliphatic rings. The van der Waals surface area contributed by atoms with E-state index in [1.54, 1.807) is 18.2 Å². The monoisotopic (exact) mass is 283 g/mol. The molecule has 1 amide bonds. The van der Waals surface area contributed by atoms with Gasteiger partial charge in [-0.05, 0) is 30.2 Å². The van der Waals surface area contributed by atoms with E-state index in [4.69, 9.17) is 21.4 Å². The normalized spacial score (nSPS) is 16.6. The molecule has 1 aliphatic heterocycles. The van der Waals surface area contributed by atoms with Crippen molar-refractivity contribution in [1.82, 2.24) is 5.32 Å². The fourth-order valence-corrected chi connectivity index (χ4v) is 2.12. The highest BCUT2D eigenvalue weighted by atomic mass is 35.5. The fraction of sp³-hybridized carbons (Fsp3) is 0.385. The second kappa shape index (κ2) is 5.93. The van der Waals surface area contributed by atoms with Crippen molar-refractivity contribution in [2.24, 2.45) is 0 Å². The molecule has 1 atom stereocenters. The molecule has 0 radical (unpaired) electrons. The summed E-state index contributed by atoms with van der Waals surface area (Å²) in [5.41, 5.74) is 0.915. The molecule has 19 heavy (non-hydrogen) atoms. The van der Waals surface area contributed by atoms with E-state index in [1.807, 2.05) is 0 Å². The maximum Gasteiger partial charge on any atom is 0.303 e. The van der Waals surface area contributed by atoms with Crippen LogP contribution in [0.1, 0.15) is 18.4 Å². The van der Waals surface area contributed by atoms with Gasteiger partial charge < -0.3 is 15.2 Å². The predicted octanol–water partition coefficient (Wildman–Crippen LogP) is 1.62. The number of aliphatic carboxylic acids is 1. The zero-order valence-electron chi connectivity index (χ0n) is 10.2. The predicted molar refractivity (Wildman–Crippen MR) is 69.5 cm³/mol. The van der Waals surface area contributed by atoms with Crippen molar-refractivity contribution < 1.29 is 19.4 Å². The van der Waals surface area contributed by atoms with Gasteiger partial charge in [-0.15, -0.1) is 0 Å². The Kier molecular flexibility index (Phi) is 4.27. The Hall–Kier alpha value is -1.75. The van der Waals surface area contributed by atoms with E-state index in [0.717, 1.165) is 5.56 Å². The number of benzene rings is 1. The molecule has 5 nitrogen and oxygen atoms in total. The Morgan fingerprint density at radius 2 is 2.26 bits per heavy atom. The zero-order valence-corrected chi connectivity index (χ0v) is 10.9. The van der Waals surface area contributed by atoms with Gasteiger partial charge in [-0.3, -0.25) is 9.59 Å². The molecule has 0 aromatic heterocycles. The first kappa shape index (κ1) is 13.7. The highest BCUT2D eigenvalue weighted by Gasteiger charge is 2.28. The van der Waals surface area contributed by atoms with E-state index in [2.05, 4.69) is 5.32 Å². The largest absolute Gasteiger partial charge is 0.481 e. The lowest BCUT2D eigenvalue weighted by Gasteiger charge is -2.10. The summed E-state index contributed by atoms with van der Waals surface area (Å²) in [6.45, 7) is 0.335. The van der Waals surface area contributed by atoms with E-state index in [0.29, 0.717) is 30.2 Å². The zero-order chi connectivity index (χ0) is 13.8. The summed E-state index contributed by atoms with van der Waals surface area (Å²) >= 11 is 5.87. The van der Waals surface area contributed by atoms with Crippen molar-refractivity contribution in [3.63, 3.8) is 0 Å². The molecular formula is C13H14ClNO4. The molecular weight excluding hydrogens is 270 g/mol. The second-order valence-electron chi connectivity index (χ2n) is 4.35. The highest BCUT2D eigenvalue weighted by Crippen LogP contribution is 2.31. The topological polar surface area (TPSA) is 75.6 Å². The third-order valence-corrected chi connectivity index (χ3v) is 3.09. The van der Waals surface area contributed by atoms with Crippen molar-refractivity contribution in [2.45, 2.75) is 25.4 Å². The first-order valence-corrected chi connectivity index (χ1v) is 6.38. The number of amides is 1. The van der Waals surface area contributed by atoms with Crippen LogP contribution in [0.2, 0.25) is 5.02 Å². The van der Waals surface area contributed by atoms with E-state index >= 15 is 0 Å². The van der Waals surface area contributed by atoms with Crippen molar-refractivity contribution >= 4 is 23.5 Å². The molecule has 0 saturated carbocycles. The minimum Gasteiger partial charge on any atom is -0.481 e. The first-order valence-electron chi connectivity index (χ1n) is 6.01. The Labute approximate surface area is 115 Å². The number of halogens is 1. The summed E-state index contributed by atoms with van der Waals surface area (Å²) in [7, 11) is 0. The molecule has 0 fully saturated rings. The van der Waals surface area contributed by atoms with Crippen LogP contribution < -0.4 is 10.1 Å². The highest BCUT2D eigenvalue weighted by molar-refractivity contribution is 6.30. The van der Waals surface area contributed by atoms with Gasteiger partial charge in [0.1, 0.15) is 5.75 Å². The molecule has 0 aliphatic carbocycles. The molecule has 1 heterocycles.